The second-order valence-corrected chi connectivity index (χ2v) is 7.54. The van der Waals surface area contributed by atoms with Crippen LogP contribution in [0, 0.1) is 6.92 Å². The molecule has 0 saturated heterocycles. The first-order valence-corrected chi connectivity index (χ1v) is 9.73. The molecule has 2 aliphatic rings. The Morgan fingerprint density at radius 1 is 1.20 bits per heavy atom. The second kappa shape index (κ2) is 7.07. The maximum atomic E-state index is 13.0. The van der Waals surface area contributed by atoms with Gasteiger partial charge in [-0.1, -0.05) is 23.7 Å². The van der Waals surface area contributed by atoms with Crippen LogP contribution in [-0.2, 0) is 9.59 Å². The van der Waals surface area contributed by atoms with Gasteiger partial charge >= 0.3 is 0 Å². The lowest BCUT2D eigenvalue weighted by atomic mass is 10.1. The van der Waals surface area contributed by atoms with E-state index in [1.165, 1.54) is 0 Å². The minimum atomic E-state index is -0.779. The van der Waals surface area contributed by atoms with Crippen LogP contribution in [-0.4, -0.2) is 28.4 Å². The van der Waals surface area contributed by atoms with E-state index in [4.69, 9.17) is 21.1 Å². The molecular formula is C21H17ClN4O4. The lowest BCUT2D eigenvalue weighted by Gasteiger charge is -2.24. The first-order valence-electron chi connectivity index (χ1n) is 9.35. The third-order valence-electron chi connectivity index (χ3n) is 5.14. The largest absolute Gasteiger partial charge is 0.454 e. The fourth-order valence-electron chi connectivity index (χ4n) is 3.62. The Bertz CT molecular complexity index is 1170. The predicted octanol–water partition coefficient (Wildman–Crippen LogP) is 3.76. The van der Waals surface area contributed by atoms with Gasteiger partial charge in [0, 0.05) is 27.9 Å². The quantitative estimate of drug-likeness (QED) is 0.667. The van der Waals surface area contributed by atoms with Crippen molar-refractivity contribution in [2.75, 3.05) is 17.4 Å². The first-order chi connectivity index (χ1) is 14.5. The van der Waals surface area contributed by atoms with Crippen molar-refractivity contribution < 1.29 is 19.1 Å². The molecule has 152 valence electrons. The Morgan fingerprint density at radius 3 is 2.77 bits per heavy atom. The van der Waals surface area contributed by atoms with E-state index in [-0.39, 0.29) is 25.0 Å². The summed E-state index contributed by atoms with van der Waals surface area (Å²) in [5.41, 5.74) is 2.87. The Hall–Kier alpha value is -3.52. The van der Waals surface area contributed by atoms with Crippen molar-refractivity contribution in [3.05, 3.63) is 53.1 Å². The van der Waals surface area contributed by atoms with Gasteiger partial charge in [0.2, 0.25) is 18.6 Å². The average molecular weight is 425 g/mol. The molecule has 5 rings (SSSR count). The maximum absolute atomic E-state index is 13.0. The Kier molecular flexibility index (Phi) is 4.36. The molecule has 9 heteroatoms. The number of nitrogens with one attached hydrogen (secondary N) is 2. The normalized spacial score (nSPS) is 16.7. The number of nitrogens with zero attached hydrogens (tertiary/aromatic N) is 2. The van der Waals surface area contributed by atoms with Crippen molar-refractivity contribution in [3.63, 3.8) is 0 Å². The zero-order valence-corrected chi connectivity index (χ0v) is 16.7. The fourth-order valence-corrected chi connectivity index (χ4v) is 3.75. The number of hydrogen-bond acceptors (Lipinski definition) is 5. The van der Waals surface area contributed by atoms with Crippen LogP contribution < -0.4 is 20.1 Å². The van der Waals surface area contributed by atoms with Gasteiger partial charge in [-0.25, -0.2) is 4.68 Å². The molecule has 0 saturated carbocycles. The molecule has 2 amide bonds. The summed E-state index contributed by atoms with van der Waals surface area (Å²) in [5, 5.41) is 10.9. The van der Waals surface area contributed by atoms with E-state index in [1.54, 1.807) is 35.0 Å². The van der Waals surface area contributed by atoms with E-state index in [1.807, 2.05) is 19.1 Å². The van der Waals surface area contributed by atoms with Gasteiger partial charge in [0.1, 0.15) is 11.9 Å². The highest BCUT2D eigenvalue weighted by Crippen LogP contribution is 2.36. The van der Waals surface area contributed by atoms with E-state index in [2.05, 4.69) is 15.7 Å². The minimum absolute atomic E-state index is 0.00936. The van der Waals surface area contributed by atoms with E-state index in [0.29, 0.717) is 33.7 Å². The number of carbonyl (C=O) groups is 2. The van der Waals surface area contributed by atoms with Crippen molar-refractivity contribution in [2.24, 2.45) is 0 Å². The molecule has 2 aliphatic heterocycles. The molecule has 8 nitrogen and oxygen atoms in total. The molecule has 2 N–H and O–H groups in total. The van der Waals surface area contributed by atoms with Crippen molar-refractivity contribution >= 4 is 34.9 Å². The Morgan fingerprint density at radius 2 is 1.97 bits per heavy atom. The fraction of sp³-hybridized carbons (Fsp3) is 0.190. The number of aromatic nitrogens is 2. The van der Waals surface area contributed by atoms with Crippen LogP contribution in [0.2, 0.25) is 5.02 Å². The van der Waals surface area contributed by atoms with E-state index >= 15 is 0 Å². The van der Waals surface area contributed by atoms with Gasteiger partial charge in [-0.3, -0.25) is 9.59 Å². The zero-order chi connectivity index (χ0) is 20.8. The summed E-state index contributed by atoms with van der Waals surface area (Å²) in [4.78, 5) is 25.3. The summed E-state index contributed by atoms with van der Waals surface area (Å²) in [6.07, 6.45) is -0.00936. The van der Waals surface area contributed by atoms with Gasteiger partial charge in [-0.2, -0.15) is 5.10 Å². The number of fused-ring (bicyclic) bond motifs is 2. The highest BCUT2D eigenvalue weighted by Gasteiger charge is 2.34. The van der Waals surface area contributed by atoms with Crippen LogP contribution in [0.5, 0.6) is 11.5 Å². The van der Waals surface area contributed by atoms with Gasteiger partial charge in [0.25, 0.3) is 0 Å². The third kappa shape index (κ3) is 3.15. The van der Waals surface area contributed by atoms with Crippen LogP contribution in [0.1, 0.15) is 18.0 Å². The van der Waals surface area contributed by atoms with Crippen molar-refractivity contribution in [3.8, 4) is 22.8 Å². The minimum Gasteiger partial charge on any atom is -0.454 e. The molecule has 0 spiro atoms. The Labute approximate surface area is 176 Å². The van der Waals surface area contributed by atoms with Crippen molar-refractivity contribution in [1.82, 2.24) is 9.78 Å². The molecule has 1 atom stereocenters. The van der Waals surface area contributed by atoms with Crippen LogP contribution in [0.4, 0.5) is 11.5 Å². The highest BCUT2D eigenvalue weighted by atomic mass is 35.5. The van der Waals surface area contributed by atoms with Crippen LogP contribution >= 0.6 is 11.6 Å². The van der Waals surface area contributed by atoms with Gasteiger partial charge < -0.3 is 20.1 Å². The van der Waals surface area contributed by atoms with Crippen molar-refractivity contribution in [1.29, 1.82) is 0 Å². The average Bonchev–Trinajstić information content (AvgIpc) is 3.32. The standard InChI is InChI=1S/C21H17ClN4O4/c1-11-19(12-2-4-13(22)5-3-12)25-26-15(9-18(27)24-20(11)26)21(28)23-14-6-7-16-17(8-14)30-10-29-16/h2-8,15H,9-10H2,1H3,(H,23,28)(H,24,27). The SMILES string of the molecule is Cc1c(-c2ccc(Cl)cc2)nn2c1NC(=O)CC2C(=O)Nc1ccc2c(c1)OCO2. The summed E-state index contributed by atoms with van der Waals surface area (Å²) >= 11 is 5.98. The first kappa shape index (κ1) is 18.5. The molecular weight excluding hydrogens is 408 g/mol. The number of amides is 2. The van der Waals surface area contributed by atoms with Gasteiger partial charge in [0.15, 0.2) is 11.5 Å². The number of benzene rings is 2. The number of anilines is 2. The molecule has 1 aromatic heterocycles. The number of rotatable bonds is 3. The topological polar surface area (TPSA) is 94.5 Å². The van der Waals surface area contributed by atoms with Gasteiger partial charge in [-0.15, -0.1) is 0 Å². The Balaban J connectivity index is 1.47. The van der Waals surface area contributed by atoms with Crippen LogP contribution in [0.3, 0.4) is 0 Å². The highest BCUT2D eigenvalue weighted by molar-refractivity contribution is 6.30. The van der Waals surface area contributed by atoms with Crippen LogP contribution in [0.25, 0.3) is 11.3 Å². The number of carbonyl (C=O) groups excluding carboxylic acids is 2. The molecule has 30 heavy (non-hydrogen) atoms. The summed E-state index contributed by atoms with van der Waals surface area (Å²) in [5.74, 6) is 1.13. The predicted molar refractivity (Wildman–Crippen MR) is 111 cm³/mol. The molecule has 3 aromatic rings. The summed E-state index contributed by atoms with van der Waals surface area (Å²) in [7, 11) is 0. The number of hydrogen-bond donors (Lipinski definition) is 2. The number of halogens is 1. The molecule has 0 fully saturated rings. The van der Waals surface area contributed by atoms with E-state index in [0.717, 1.165) is 11.1 Å². The molecule has 1 unspecified atom stereocenters. The molecule has 3 heterocycles. The lowest BCUT2D eigenvalue weighted by molar-refractivity contribution is -0.125. The van der Waals surface area contributed by atoms with Crippen LogP contribution in [0.15, 0.2) is 42.5 Å². The summed E-state index contributed by atoms with van der Waals surface area (Å²) < 4.78 is 12.2. The van der Waals surface area contributed by atoms with Crippen molar-refractivity contribution in [2.45, 2.75) is 19.4 Å². The van der Waals surface area contributed by atoms with Gasteiger partial charge in [-0.05, 0) is 31.2 Å². The molecule has 0 radical (unpaired) electrons. The number of ether oxygens (including phenoxy) is 2. The van der Waals surface area contributed by atoms with Gasteiger partial charge in [0.05, 0.1) is 12.1 Å². The van der Waals surface area contributed by atoms with E-state index in [9.17, 15) is 9.59 Å². The third-order valence-corrected chi connectivity index (χ3v) is 5.39. The summed E-state index contributed by atoms with van der Waals surface area (Å²) in [6.45, 7) is 2.01. The second-order valence-electron chi connectivity index (χ2n) is 7.10. The smallest absolute Gasteiger partial charge is 0.249 e. The zero-order valence-electron chi connectivity index (χ0n) is 15.9. The van der Waals surface area contributed by atoms with E-state index < -0.39 is 6.04 Å². The molecule has 2 aromatic carbocycles. The lowest BCUT2D eigenvalue weighted by Crippen LogP contribution is -2.35. The maximum Gasteiger partial charge on any atom is 0.249 e. The summed E-state index contributed by atoms with van der Waals surface area (Å²) in [6, 6.07) is 11.6. The molecule has 0 bridgehead atoms. The molecule has 0 aliphatic carbocycles. The monoisotopic (exact) mass is 424 g/mol.